The van der Waals surface area contributed by atoms with E-state index in [1.165, 1.54) is 16.7 Å². The second kappa shape index (κ2) is 22.0. The zero-order chi connectivity index (χ0) is 40.5. The molecule has 0 radical (unpaired) electrons. The van der Waals surface area contributed by atoms with Gasteiger partial charge in [0.25, 0.3) is 5.56 Å². The van der Waals surface area contributed by atoms with Crippen LogP contribution in [0, 0.1) is 18.3 Å². The summed E-state index contributed by atoms with van der Waals surface area (Å²) in [6.45, 7) is 20.4. The van der Waals surface area contributed by atoms with E-state index in [0.29, 0.717) is 24.7 Å². The topological polar surface area (TPSA) is 77.3 Å². The zero-order valence-electron chi connectivity index (χ0n) is 33.1. The number of allylic oxidation sites excluding steroid dienone is 6. The number of rotatable bonds is 13. The van der Waals surface area contributed by atoms with E-state index in [9.17, 15) is 18.0 Å². The Bertz CT molecular complexity index is 1840. The third kappa shape index (κ3) is 12.6. The number of nitrogens with one attached hydrogen (secondary N) is 2. The fourth-order valence-corrected chi connectivity index (χ4v) is 6.71. The molecule has 5 rings (SSSR count). The van der Waals surface area contributed by atoms with Gasteiger partial charge in [0.15, 0.2) is 0 Å². The van der Waals surface area contributed by atoms with Crippen molar-refractivity contribution in [3.8, 4) is 18.0 Å². The molecule has 1 aromatic heterocycles. The van der Waals surface area contributed by atoms with E-state index in [0.717, 1.165) is 80.4 Å². The van der Waals surface area contributed by atoms with Crippen LogP contribution in [0.2, 0.25) is 0 Å². The third-order valence-corrected chi connectivity index (χ3v) is 9.51. The summed E-state index contributed by atoms with van der Waals surface area (Å²) in [4.78, 5) is 25.9. The van der Waals surface area contributed by atoms with Gasteiger partial charge < -0.3 is 9.80 Å². The smallest absolute Gasteiger partial charge is 0.371 e. The Kier molecular flexibility index (Phi) is 17.8. The lowest BCUT2D eigenvalue weighted by Crippen LogP contribution is -2.49. The molecule has 2 atom stereocenters. The number of hydrogen-bond donors (Lipinski definition) is 2. The lowest BCUT2D eigenvalue weighted by atomic mass is 9.94. The second-order valence-corrected chi connectivity index (χ2v) is 13.9. The molecule has 11 heteroatoms. The number of aromatic nitrogens is 1. The molecule has 0 bridgehead atoms. The van der Waals surface area contributed by atoms with Crippen molar-refractivity contribution in [3.05, 3.63) is 119 Å². The van der Waals surface area contributed by atoms with E-state index in [2.05, 4.69) is 63.9 Å². The van der Waals surface area contributed by atoms with Crippen LogP contribution in [0.3, 0.4) is 0 Å². The number of halogens is 3. The van der Waals surface area contributed by atoms with Crippen molar-refractivity contribution in [1.82, 2.24) is 20.3 Å². The molecule has 3 aliphatic rings. The van der Waals surface area contributed by atoms with E-state index in [1.54, 1.807) is 36.2 Å². The van der Waals surface area contributed by atoms with Crippen LogP contribution in [0.4, 0.5) is 18.9 Å². The van der Waals surface area contributed by atoms with E-state index in [4.69, 9.17) is 0 Å². The molecule has 1 aromatic carbocycles. The molecule has 2 unspecified atom stereocenters. The largest absolute Gasteiger partial charge is 0.418 e. The number of nitrogens with zero attached hydrogens (tertiary/aromatic N) is 5. The van der Waals surface area contributed by atoms with Crippen molar-refractivity contribution in [2.24, 2.45) is 15.9 Å². The highest BCUT2D eigenvalue weighted by Gasteiger charge is 2.37. The van der Waals surface area contributed by atoms with Crippen molar-refractivity contribution >= 4 is 17.6 Å². The Morgan fingerprint density at radius 1 is 1.11 bits per heavy atom. The van der Waals surface area contributed by atoms with Gasteiger partial charge in [0.2, 0.25) is 0 Å². The van der Waals surface area contributed by atoms with E-state index < -0.39 is 11.7 Å². The average molecular weight is 758 g/mol. The number of terminal acetylenes is 1. The number of fused-ring (bicyclic) bond motifs is 1. The summed E-state index contributed by atoms with van der Waals surface area (Å²) in [5, 5.41) is 0. The molecule has 8 nitrogen and oxygen atoms in total. The number of pyridine rings is 1. The van der Waals surface area contributed by atoms with Gasteiger partial charge in [-0.3, -0.25) is 30.2 Å². The van der Waals surface area contributed by atoms with Gasteiger partial charge >= 0.3 is 6.18 Å². The van der Waals surface area contributed by atoms with E-state index in [1.807, 2.05) is 46.2 Å². The summed E-state index contributed by atoms with van der Waals surface area (Å²) in [6, 6.07) is 7.52. The Hall–Kier alpha value is -4.76. The van der Waals surface area contributed by atoms with Gasteiger partial charge in [0.05, 0.1) is 11.3 Å². The zero-order valence-corrected chi connectivity index (χ0v) is 33.1. The monoisotopic (exact) mass is 757 g/mol. The van der Waals surface area contributed by atoms with E-state index in [-0.39, 0.29) is 28.9 Å². The lowest BCUT2D eigenvalue weighted by molar-refractivity contribution is -0.137. The van der Waals surface area contributed by atoms with Gasteiger partial charge in [-0.2, -0.15) is 13.2 Å². The van der Waals surface area contributed by atoms with Crippen LogP contribution in [-0.2, 0) is 6.18 Å². The molecule has 1 fully saturated rings. The van der Waals surface area contributed by atoms with Crippen molar-refractivity contribution in [2.45, 2.75) is 71.0 Å². The molecule has 2 N–H and O–H groups in total. The molecule has 0 amide bonds. The molecule has 4 heterocycles. The summed E-state index contributed by atoms with van der Waals surface area (Å²) in [5.74, 6) is 2.56. The Labute approximate surface area is 326 Å². The number of aliphatic imine (C=N–C) groups is 2. The molecule has 0 saturated carbocycles. The van der Waals surface area contributed by atoms with Crippen molar-refractivity contribution in [3.63, 3.8) is 0 Å². The fraction of sp³-hybridized carbons (Fsp3) is 0.432. The molecule has 2 aromatic rings. The summed E-state index contributed by atoms with van der Waals surface area (Å²) in [7, 11) is 4.00. The maximum Gasteiger partial charge on any atom is 0.418 e. The maximum absolute atomic E-state index is 14.4. The van der Waals surface area contributed by atoms with Crippen molar-refractivity contribution in [1.29, 1.82) is 0 Å². The van der Waals surface area contributed by atoms with Gasteiger partial charge in [-0.15, -0.1) is 18.9 Å². The number of hydrogen-bond acceptors (Lipinski definition) is 7. The number of piperidine rings is 1. The first kappa shape index (κ1) is 44.6. The highest BCUT2D eigenvalue weighted by atomic mass is 19.4. The molecule has 0 aliphatic carbocycles. The highest BCUT2D eigenvalue weighted by molar-refractivity contribution is 6.10. The fourth-order valence-electron chi connectivity index (χ4n) is 6.71. The van der Waals surface area contributed by atoms with Crippen LogP contribution in [0.25, 0.3) is 5.69 Å². The first-order valence-corrected chi connectivity index (χ1v) is 18.9. The number of dihydropyridines is 1. The Morgan fingerprint density at radius 2 is 1.82 bits per heavy atom. The average Bonchev–Trinajstić information content (AvgIpc) is 3.17. The number of likely N-dealkylation sites (N-methyl/N-ethyl adjacent to an activating group) is 1. The SMILES string of the molecule is C#CC.C=CCCC1C=C(C=C)C(C=C)=NC1.CC/C=C1/N=Cc2ccc(=O)n(-c3ccc(N4CCC(NNCCN(C)C)CC4)c(C(F)(F)F)c3)c2C1C. The molecule has 0 spiro atoms. The van der Waals surface area contributed by atoms with Crippen LogP contribution < -0.4 is 21.3 Å². The van der Waals surface area contributed by atoms with E-state index >= 15 is 0 Å². The van der Waals surface area contributed by atoms with Gasteiger partial charge in [-0.25, -0.2) is 0 Å². The van der Waals surface area contributed by atoms with Crippen LogP contribution in [0.5, 0.6) is 0 Å². The van der Waals surface area contributed by atoms with Crippen molar-refractivity contribution < 1.29 is 13.2 Å². The summed E-state index contributed by atoms with van der Waals surface area (Å²) < 4.78 is 44.5. The molecule has 3 aliphatic heterocycles. The second-order valence-electron chi connectivity index (χ2n) is 13.9. The maximum atomic E-state index is 14.4. The highest BCUT2D eigenvalue weighted by Crippen LogP contribution is 2.40. The number of alkyl halides is 3. The van der Waals surface area contributed by atoms with Gasteiger partial charge in [0.1, 0.15) is 0 Å². The third-order valence-electron chi connectivity index (χ3n) is 9.51. The summed E-state index contributed by atoms with van der Waals surface area (Å²) >= 11 is 0. The van der Waals surface area contributed by atoms with Crippen LogP contribution in [0.15, 0.2) is 106 Å². The Balaban J connectivity index is 0.000000398. The molecule has 55 heavy (non-hydrogen) atoms. The van der Waals surface area contributed by atoms with Gasteiger partial charge in [-0.1, -0.05) is 51.3 Å². The molecule has 1 saturated heterocycles. The van der Waals surface area contributed by atoms with Crippen LogP contribution >= 0.6 is 0 Å². The molecular formula is C44H58F3N7O. The van der Waals surface area contributed by atoms with Gasteiger partial charge in [-0.05, 0) is 95.0 Å². The van der Waals surface area contributed by atoms with Crippen LogP contribution in [0.1, 0.15) is 75.6 Å². The van der Waals surface area contributed by atoms with Gasteiger partial charge in [0, 0.05) is 85.3 Å². The number of anilines is 1. The minimum absolute atomic E-state index is 0.152. The normalized spacial score (nSPS) is 18.8. The standard InChI is InChI=1S/C28H37F3N6O.C13H17N.C3H4/c1-5-6-24-19(2)27-20(18-32-24)7-10-26(38)37(27)22-8-9-25(23(17-22)28(29,30)31)36-14-11-21(12-15-36)34-33-13-16-35(3)4;1-4-7-8-11-9-12(5-2)13(6-3)14-10-11;1-3-2/h6-10,17-19,21,33-34H,5,11-16H2,1-4H3;4-6,9,11H,1-3,7-8,10H2;1H,2H3/b24-6+;;. The summed E-state index contributed by atoms with van der Waals surface area (Å²) in [6.07, 6.45) is 15.9. The van der Waals surface area contributed by atoms with Crippen molar-refractivity contribution in [2.75, 3.05) is 51.7 Å². The predicted molar refractivity (Wildman–Crippen MR) is 225 cm³/mol. The first-order chi connectivity index (χ1) is 26.3. The Morgan fingerprint density at radius 3 is 2.42 bits per heavy atom. The minimum Gasteiger partial charge on any atom is -0.371 e. The predicted octanol–water partition coefficient (Wildman–Crippen LogP) is 8.27. The molecular weight excluding hydrogens is 700 g/mol. The summed E-state index contributed by atoms with van der Waals surface area (Å²) in [5.41, 5.74) is 10.1. The molecule has 296 valence electrons. The van der Waals surface area contributed by atoms with Crippen LogP contribution in [-0.4, -0.2) is 74.3 Å². The first-order valence-electron chi connectivity index (χ1n) is 18.9. The number of hydrazine groups is 1. The number of benzene rings is 1. The lowest BCUT2D eigenvalue weighted by Gasteiger charge is -2.35. The quantitative estimate of drug-likeness (QED) is 0.0932. The minimum atomic E-state index is -4.56.